The van der Waals surface area contributed by atoms with Crippen LogP contribution in [0, 0.1) is 31.1 Å². The summed E-state index contributed by atoms with van der Waals surface area (Å²) in [5.41, 5.74) is 0. The number of carboxylic acids is 6. The summed E-state index contributed by atoms with van der Waals surface area (Å²) >= 11 is 0. The predicted molar refractivity (Wildman–Crippen MR) is 91.2 cm³/mol. The van der Waals surface area contributed by atoms with Gasteiger partial charge in [0, 0.05) is 31.1 Å². The van der Waals surface area contributed by atoms with E-state index in [2.05, 4.69) is 39.5 Å². The van der Waals surface area contributed by atoms with Gasteiger partial charge in [-0.2, -0.15) is 0 Å². The van der Waals surface area contributed by atoms with Crippen LogP contribution in [0.5, 0.6) is 0 Å². The van der Waals surface area contributed by atoms with Crippen molar-refractivity contribution < 1.29 is 90.5 Å². The van der Waals surface area contributed by atoms with Gasteiger partial charge in [0.25, 0.3) is 0 Å². The zero-order valence-electron chi connectivity index (χ0n) is 16.1. The molecule has 172 valence electrons. The maximum Gasteiger partial charge on any atom is 0.0636 e. The van der Waals surface area contributed by atoms with E-state index in [1.807, 2.05) is 0 Å². The molecule has 0 fully saturated rings. The van der Waals surface area contributed by atoms with Crippen LogP contribution in [0.15, 0.2) is 75.9 Å². The Morgan fingerprint density at radius 2 is 0.387 bits per heavy atom. The van der Waals surface area contributed by atoms with E-state index in [-0.39, 0.29) is 31.1 Å². The second-order valence-electron chi connectivity index (χ2n) is 3.14. The van der Waals surface area contributed by atoms with Crippen LogP contribution in [0.25, 0.3) is 0 Å². The molecule has 0 spiro atoms. The summed E-state index contributed by atoms with van der Waals surface area (Å²) in [7, 11) is 0. The quantitative estimate of drug-likeness (QED) is 0.241. The van der Waals surface area contributed by atoms with Gasteiger partial charge >= 0.3 is 0 Å². The number of hydrogen-bond acceptors (Lipinski definition) is 12. The first-order valence-electron chi connectivity index (χ1n) is 6.63. The van der Waals surface area contributed by atoms with E-state index in [0.717, 1.165) is 36.5 Å². The summed E-state index contributed by atoms with van der Waals surface area (Å²) in [6.07, 6.45) is 4.33. The van der Waals surface area contributed by atoms with Gasteiger partial charge in [-0.1, -0.05) is 39.5 Å². The summed E-state index contributed by atoms with van der Waals surface area (Å²) in [6.45, 7) is 17.4. The third kappa shape index (κ3) is 225. The fraction of sp³-hybridized carbons (Fsp3) is 0. The Labute approximate surface area is 201 Å². The molecule has 0 rings (SSSR count). The monoisotopic (exact) mass is 664 g/mol. The third-order valence-corrected chi connectivity index (χ3v) is 1.00. The minimum atomic E-state index is -1.23. The van der Waals surface area contributed by atoms with Crippen LogP contribution in [0.3, 0.4) is 0 Å². The number of carbonyl (C=O) groups is 6. The Morgan fingerprint density at radius 3 is 0.387 bits per heavy atom. The molecule has 0 bridgehead atoms. The molecular weight excluding hydrogens is 646 g/mol. The van der Waals surface area contributed by atoms with Gasteiger partial charge < -0.3 is 59.4 Å². The Balaban J connectivity index is -0.0000000443. The molecule has 0 saturated carbocycles. The topological polar surface area (TPSA) is 241 Å². The zero-order chi connectivity index (χ0) is 25.7. The first-order chi connectivity index (χ1) is 13.6. The SMILES string of the molecule is C=CC(=O)[O-].C=CC(=O)[O-].C=CC(=O)[O-].C=CC(=O)[O-].C=CC(=O)[O-].C=CC(=O)[O-].[U]. The van der Waals surface area contributed by atoms with E-state index in [4.69, 9.17) is 59.4 Å². The Bertz CT molecular complexity index is 481. The molecule has 0 N–H and O–H groups in total. The van der Waals surface area contributed by atoms with Gasteiger partial charge in [0.2, 0.25) is 0 Å². The van der Waals surface area contributed by atoms with Gasteiger partial charge in [-0.05, 0) is 36.5 Å². The van der Waals surface area contributed by atoms with Gasteiger partial charge in [0.1, 0.15) is 0 Å². The standard InChI is InChI=1S/6C3H4O2.U/c6*1-2-3(4)5;/h6*2H,1H2,(H,4,5);/p-6. The fourth-order valence-corrected chi connectivity index (χ4v) is 0. The Kier molecular flexibility index (Phi) is 60.4. The van der Waals surface area contributed by atoms with Crippen molar-refractivity contribution >= 4 is 35.8 Å². The molecule has 0 amide bonds. The van der Waals surface area contributed by atoms with Gasteiger partial charge in [-0.15, -0.1) is 0 Å². The smallest absolute Gasteiger partial charge is 0.0636 e. The van der Waals surface area contributed by atoms with Crippen molar-refractivity contribution in [3.63, 3.8) is 0 Å². The van der Waals surface area contributed by atoms with Crippen LogP contribution in [0.2, 0.25) is 0 Å². The zero-order valence-corrected chi connectivity index (χ0v) is 20.3. The van der Waals surface area contributed by atoms with Gasteiger partial charge in [-0.3, -0.25) is 0 Å². The molecule has 0 saturated heterocycles. The second kappa shape index (κ2) is 40.9. The fourth-order valence-electron chi connectivity index (χ4n) is 0. The van der Waals surface area contributed by atoms with Crippen LogP contribution in [0.1, 0.15) is 0 Å². The van der Waals surface area contributed by atoms with Gasteiger partial charge in [0.15, 0.2) is 0 Å². The molecule has 0 aliphatic rings. The van der Waals surface area contributed by atoms with Crippen molar-refractivity contribution in [1.29, 1.82) is 0 Å². The van der Waals surface area contributed by atoms with E-state index in [0.29, 0.717) is 0 Å². The predicted octanol–water partition coefficient (Wildman–Crippen LogP) is -6.47. The van der Waals surface area contributed by atoms with Gasteiger partial charge in [-0.25, -0.2) is 0 Å². The van der Waals surface area contributed by atoms with E-state index in [1.165, 1.54) is 0 Å². The molecule has 0 unspecified atom stereocenters. The number of carboxylic acid groups (broad SMARTS) is 6. The average Bonchev–Trinajstić information content (AvgIpc) is 2.69. The maximum atomic E-state index is 9.14. The summed E-state index contributed by atoms with van der Waals surface area (Å²) in [6, 6.07) is 0. The Hall–Kier alpha value is -3.69. The van der Waals surface area contributed by atoms with Crippen LogP contribution in [-0.4, -0.2) is 35.8 Å². The van der Waals surface area contributed by atoms with Crippen molar-refractivity contribution in [2.24, 2.45) is 0 Å². The van der Waals surface area contributed by atoms with Gasteiger partial charge in [0.05, 0.1) is 35.8 Å². The van der Waals surface area contributed by atoms with E-state index < -0.39 is 35.8 Å². The molecular formula is C18H18O12U-6. The van der Waals surface area contributed by atoms with Crippen molar-refractivity contribution in [1.82, 2.24) is 0 Å². The Morgan fingerprint density at radius 1 is 0.355 bits per heavy atom. The molecule has 0 aliphatic carbocycles. The molecule has 0 heterocycles. The number of carbonyl (C=O) groups excluding carboxylic acids is 6. The molecule has 0 aliphatic heterocycles. The minimum absolute atomic E-state index is 0. The van der Waals surface area contributed by atoms with Crippen LogP contribution >= 0.6 is 0 Å². The molecule has 0 aromatic rings. The number of hydrogen-bond donors (Lipinski definition) is 0. The number of aliphatic carboxylic acids is 6. The maximum absolute atomic E-state index is 9.14. The summed E-state index contributed by atoms with van der Waals surface area (Å²) in [5, 5.41) is 54.8. The normalized spacial score (nSPS) is 6.19. The molecule has 12 nitrogen and oxygen atoms in total. The summed E-state index contributed by atoms with van der Waals surface area (Å²) in [4.78, 5) is 54.8. The molecule has 0 aromatic heterocycles. The van der Waals surface area contributed by atoms with Crippen molar-refractivity contribution in [3.05, 3.63) is 75.9 Å². The molecule has 0 radical (unpaired) electrons. The van der Waals surface area contributed by atoms with Crippen LogP contribution < -0.4 is 30.6 Å². The summed E-state index contributed by atoms with van der Waals surface area (Å²) < 4.78 is 0. The summed E-state index contributed by atoms with van der Waals surface area (Å²) in [5.74, 6) is -7.39. The third-order valence-electron chi connectivity index (χ3n) is 1.00. The van der Waals surface area contributed by atoms with E-state index in [1.54, 1.807) is 0 Å². The van der Waals surface area contributed by atoms with Crippen molar-refractivity contribution in [2.45, 2.75) is 0 Å². The van der Waals surface area contributed by atoms with E-state index >= 15 is 0 Å². The van der Waals surface area contributed by atoms with E-state index in [9.17, 15) is 0 Å². The van der Waals surface area contributed by atoms with Crippen LogP contribution in [0.4, 0.5) is 0 Å². The number of rotatable bonds is 6. The first kappa shape index (κ1) is 45.8. The first-order valence-corrected chi connectivity index (χ1v) is 6.63. The van der Waals surface area contributed by atoms with Crippen LogP contribution in [-0.2, 0) is 28.8 Å². The molecule has 0 aromatic carbocycles. The molecule has 13 heteroatoms. The largest absolute Gasteiger partial charge is 0.545 e. The second-order valence-corrected chi connectivity index (χ2v) is 3.14. The average molecular weight is 664 g/mol. The minimum Gasteiger partial charge on any atom is -0.545 e. The molecule has 31 heavy (non-hydrogen) atoms. The van der Waals surface area contributed by atoms with Crippen molar-refractivity contribution in [3.8, 4) is 0 Å². The van der Waals surface area contributed by atoms with Crippen molar-refractivity contribution in [2.75, 3.05) is 0 Å². The molecule has 0 atom stereocenters.